The van der Waals surface area contributed by atoms with Crippen LogP contribution in [0.15, 0.2) is 5.38 Å². The second kappa shape index (κ2) is 4.23. The van der Waals surface area contributed by atoms with Gasteiger partial charge in [-0.1, -0.05) is 13.8 Å². The van der Waals surface area contributed by atoms with Gasteiger partial charge < -0.3 is 9.67 Å². The van der Waals surface area contributed by atoms with Crippen LogP contribution < -0.4 is 0 Å². The van der Waals surface area contributed by atoms with Gasteiger partial charge >= 0.3 is 5.97 Å². The van der Waals surface area contributed by atoms with Gasteiger partial charge in [-0.3, -0.25) is 0 Å². The fourth-order valence-corrected chi connectivity index (χ4v) is 2.63. The van der Waals surface area contributed by atoms with Crippen LogP contribution in [0.1, 0.15) is 38.4 Å². The van der Waals surface area contributed by atoms with Crippen molar-refractivity contribution in [1.29, 1.82) is 0 Å². The lowest BCUT2D eigenvalue weighted by Crippen LogP contribution is -2.18. The number of thiazole rings is 1. The molecule has 0 aromatic carbocycles. The van der Waals surface area contributed by atoms with E-state index in [9.17, 15) is 4.79 Å². The fraction of sp³-hybridized carbons (Fsp3) is 0.556. The molecule has 5 heteroatoms. The predicted molar refractivity (Wildman–Crippen MR) is 59.6 cm³/mol. The number of rotatable bonds is 3. The van der Waals surface area contributed by atoms with Gasteiger partial charge in [-0.05, 0) is 25.1 Å². The molecule has 0 unspecified atom stereocenters. The van der Waals surface area contributed by atoms with Crippen molar-refractivity contribution in [3.05, 3.63) is 15.0 Å². The average molecular weight is 231 g/mol. The third-order valence-corrected chi connectivity index (χ3v) is 3.33. The molecule has 1 N–H and O–H groups in total. The van der Waals surface area contributed by atoms with Crippen molar-refractivity contribution in [2.75, 3.05) is 0 Å². The molecular formula is C9H13NO2S2. The highest BCUT2D eigenvalue weighted by molar-refractivity contribution is 7.73. The minimum atomic E-state index is -0.846. The lowest BCUT2D eigenvalue weighted by molar-refractivity contribution is -0.140. The summed E-state index contributed by atoms with van der Waals surface area (Å²) in [7, 11) is 0. The van der Waals surface area contributed by atoms with Crippen LogP contribution in [0.4, 0.5) is 0 Å². The number of carboxylic acid groups (broad SMARTS) is 1. The molecule has 14 heavy (non-hydrogen) atoms. The van der Waals surface area contributed by atoms with Crippen molar-refractivity contribution in [1.82, 2.24) is 4.57 Å². The maximum Gasteiger partial charge on any atom is 0.326 e. The Morgan fingerprint density at radius 3 is 2.57 bits per heavy atom. The first kappa shape index (κ1) is 11.4. The summed E-state index contributed by atoms with van der Waals surface area (Å²) in [5.74, 6) is -0.550. The normalized spacial score (nSPS) is 13.1. The van der Waals surface area contributed by atoms with Gasteiger partial charge in [-0.25, -0.2) is 4.79 Å². The number of carbonyl (C=O) groups is 1. The molecular weight excluding hydrogens is 218 g/mol. The lowest BCUT2D eigenvalue weighted by atomic mass is 10.1. The number of aliphatic carboxylic acids is 1. The first-order valence-corrected chi connectivity index (χ1v) is 5.66. The van der Waals surface area contributed by atoms with E-state index in [-0.39, 0.29) is 0 Å². The van der Waals surface area contributed by atoms with E-state index in [0.29, 0.717) is 9.87 Å². The molecule has 0 aliphatic heterocycles. The van der Waals surface area contributed by atoms with Crippen molar-refractivity contribution < 1.29 is 9.90 Å². The Morgan fingerprint density at radius 1 is 1.57 bits per heavy atom. The van der Waals surface area contributed by atoms with Crippen LogP contribution in [0.5, 0.6) is 0 Å². The van der Waals surface area contributed by atoms with E-state index in [1.807, 2.05) is 19.2 Å². The molecule has 0 saturated carbocycles. The van der Waals surface area contributed by atoms with E-state index < -0.39 is 12.0 Å². The van der Waals surface area contributed by atoms with E-state index in [4.69, 9.17) is 17.3 Å². The van der Waals surface area contributed by atoms with Gasteiger partial charge in [0.2, 0.25) is 0 Å². The summed E-state index contributed by atoms with van der Waals surface area (Å²) in [6.45, 7) is 5.71. The minimum absolute atomic E-state index is 0.296. The maximum absolute atomic E-state index is 10.9. The lowest BCUT2D eigenvalue weighted by Gasteiger charge is -2.14. The van der Waals surface area contributed by atoms with E-state index in [2.05, 4.69) is 0 Å². The zero-order chi connectivity index (χ0) is 10.9. The van der Waals surface area contributed by atoms with Crippen LogP contribution in [0.25, 0.3) is 0 Å². The summed E-state index contributed by atoms with van der Waals surface area (Å²) >= 11 is 6.53. The summed E-state index contributed by atoms with van der Waals surface area (Å²) in [5.41, 5.74) is 0.995. The van der Waals surface area contributed by atoms with Crippen molar-refractivity contribution in [3.63, 3.8) is 0 Å². The molecule has 0 aliphatic rings. The first-order chi connectivity index (χ1) is 6.45. The highest BCUT2D eigenvalue weighted by atomic mass is 32.1. The summed E-state index contributed by atoms with van der Waals surface area (Å²) in [6.07, 6.45) is 0. The zero-order valence-corrected chi connectivity index (χ0v) is 9.98. The Labute approximate surface area is 92.0 Å². The van der Waals surface area contributed by atoms with Gasteiger partial charge in [0, 0.05) is 11.1 Å². The highest BCUT2D eigenvalue weighted by Crippen LogP contribution is 2.24. The van der Waals surface area contributed by atoms with Gasteiger partial charge in [-0.2, -0.15) is 0 Å². The fourth-order valence-electron chi connectivity index (χ4n) is 1.24. The Bertz CT molecular complexity index is 392. The molecule has 0 bridgehead atoms. The average Bonchev–Trinajstić information content (AvgIpc) is 2.45. The summed E-state index contributed by atoms with van der Waals surface area (Å²) < 4.78 is 2.34. The van der Waals surface area contributed by atoms with Crippen LogP contribution in [0, 0.1) is 3.95 Å². The number of hydrogen-bond acceptors (Lipinski definition) is 3. The Morgan fingerprint density at radius 2 is 2.14 bits per heavy atom. The molecule has 0 aliphatic carbocycles. The van der Waals surface area contributed by atoms with Crippen molar-refractivity contribution in [3.8, 4) is 0 Å². The molecule has 1 rings (SSSR count). The number of aromatic nitrogens is 1. The van der Waals surface area contributed by atoms with E-state index in [0.717, 1.165) is 5.69 Å². The molecule has 0 spiro atoms. The summed E-state index contributed by atoms with van der Waals surface area (Å²) in [4.78, 5) is 10.9. The quantitative estimate of drug-likeness (QED) is 0.813. The van der Waals surface area contributed by atoms with Crippen LogP contribution in [-0.4, -0.2) is 15.6 Å². The van der Waals surface area contributed by atoms with Crippen LogP contribution in [-0.2, 0) is 4.79 Å². The molecule has 0 radical (unpaired) electrons. The predicted octanol–water partition coefficient (Wildman–Crippen LogP) is 3.05. The molecule has 1 aromatic heterocycles. The Balaban J connectivity index is 3.24. The topological polar surface area (TPSA) is 42.2 Å². The van der Waals surface area contributed by atoms with Gasteiger partial charge in [0.25, 0.3) is 0 Å². The van der Waals surface area contributed by atoms with Crippen LogP contribution >= 0.6 is 23.6 Å². The molecule has 0 fully saturated rings. The Hall–Kier alpha value is -0.680. The van der Waals surface area contributed by atoms with Crippen LogP contribution in [0.2, 0.25) is 0 Å². The van der Waals surface area contributed by atoms with Gasteiger partial charge in [-0.15, -0.1) is 11.3 Å². The standard InChI is InChI=1S/C9H13NO2S2/c1-5(2)7-4-14-9(13)10(7)6(3)8(11)12/h4-6H,1-3H3,(H,11,12)/t6-/m0/s1. The first-order valence-electron chi connectivity index (χ1n) is 4.38. The highest BCUT2D eigenvalue weighted by Gasteiger charge is 2.18. The second-order valence-corrected chi connectivity index (χ2v) is 4.97. The summed E-state index contributed by atoms with van der Waals surface area (Å²) in [5, 5.41) is 10.9. The Kier molecular flexibility index (Phi) is 3.44. The zero-order valence-electron chi connectivity index (χ0n) is 8.35. The smallest absolute Gasteiger partial charge is 0.326 e. The molecule has 1 aromatic rings. The minimum Gasteiger partial charge on any atom is -0.480 e. The number of carboxylic acids is 1. The molecule has 0 amide bonds. The van der Waals surface area contributed by atoms with Gasteiger partial charge in [0.05, 0.1) is 0 Å². The monoisotopic (exact) mass is 231 g/mol. The summed E-state index contributed by atoms with van der Waals surface area (Å²) in [6, 6.07) is -0.578. The second-order valence-electron chi connectivity index (χ2n) is 3.47. The molecule has 1 atom stereocenters. The molecule has 78 valence electrons. The molecule has 0 saturated heterocycles. The number of hydrogen-bond donors (Lipinski definition) is 1. The van der Waals surface area contributed by atoms with E-state index in [1.165, 1.54) is 11.3 Å². The molecule has 1 heterocycles. The SMILES string of the molecule is CC(C)c1csc(=S)n1[C@@H](C)C(=O)O. The third-order valence-electron chi connectivity index (χ3n) is 2.09. The molecule has 3 nitrogen and oxygen atoms in total. The van der Waals surface area contributed by atoms with Crippen molar-refractivity contribution >= 4 is 29.5 Å². The van der Waals surface area contributed by atoms with Gasteiger partial charge in [0.1, 0.15) is 6.04 Å². The van der Waals surface area contributed by atoms with Gasteiger partial charge in [0.15, 0.2) is 3.95 Å². The van der Waals surface area contributed by atoms with Crippen molar-refractivity contribution in [2.24, 2.45) is 0 Å². The van der Waals surface area contributed by atoms with Crippen LogP contribution in [0.3, 0.4) is 0 Å². The largest absolute Gasteiger partial charge is 0.480 e. The maximum atomic E-state index is 10.9. The van der Waals surface area contributed by atoms with E-state index >= 15 is 0 Å². The third kappa shape index (κ3) is 2.04. The number of nitrogens with zero attached hydrogens (tertiary/aromatic N) is 1. The van der Waals surface area contributed by atoms with Crippen molar-refractivity contribution in [2.45, 2.75) is 32.7 Å². The van der Waals surface area contributed by atoms with E-state index in [1.54, 1.807) is 11.5 Å².